The van der Waals surface area contributed by atoms with Gasteiger partial charge in [-0.3, -0.25) is 14.6 Å². The molecule has 0 aromatic heterocycles. The lowest BCUT2D eigenvalue weighted by Gasteiger charge is -2.50. The Morgan fingerprint density at radius 3 is 1.30 bits per heavy atom. The number of carbonyl (C=O) groups excluding carboxylic acids is 3. The van der Waals surface area contributed by atoms with Crippen LogP contribution in [-0.4, -0.2) is 264 Å². The molecule has 0 aromatic rings. The molecule has 0 saturated carbocycles. The zero-order valence-electron chi connectivity index (χ0n) is 48.2. The Kier molecular flexibility index (Phi) is 29.0. The highest BCUT2D eigenvalue weighted by Gasteiger charge is 2.45. The molecule has 6 aliphatic rings. The van der Waals surface area contributed by atoms with Crippen molar-refractivity contribution >= 4 is 48.0 Å². The Bertz CT molecular complexity index is 2120. The molecule has 26 heteroatoms. The minimum Gasteiger partial charge on any atom is -0.444 e. The molecule has 6 heterocycles. The number of nitrogens with zero attached hydrogens (tertiary/aromatic N) is 9. The van der Waals surface area contributed by atoms with Crippen molar-refractivity contribution in [1.29, 1.82) is 5.26 Å². The van der Waals surface area contributed by atoms with E-state index in [1.54, 1.807) is 14.1 Å². The standard InChI is InChI=1S/C18H32N4O4S.C14H30N4O2S.C9H18N2O2.C8H15NO3S.CH4O/c1-5-14-27(24,25)22-8-6-18(15-19,7-9-22)21-12-10-20(11-13-21)16(23)26-17(2,3)4;1-3-12-21(19,20)18-6-4-14(13-15,5-7-18)17-10-8-16(2)9-11-17;1-9(2,3)13-8(12)11-6-4-10-5-7-11;1-2-7-13(11,12)9-5-3-8(10)4-6-9;1-2/h5-14H2,1-4H3;3-13,15H2,1-2H3;10H,4-7H2,1-3H3;2-7H2,1H3;2H,1H3. The molecule has 0 aromatic carbocycles. The number of piperazine rings is 3. The summed E-state index contributed by atoms with van der Waals surface area (Å²) in [6.07, 6.45) is 4.85. The van der Waals surface area contributed by atoms with E-state index in [2.05, 4.69) is 33.1 Å². The summed E-state index contributed by atoms with van der Waals surface area (Å²) in [5, 5.41) is 20.0. The monoisotopic (exact) mass is 1140 g/mol. The molecule has 6 fully saturated rings. The summed E-state index contributed by atoms with van der Waals surface area (Å²) in [6, 6.07) is 2.44. The van der Waals surface area contributed by atoms with E-state index in [9.17, 15) is 44.9 Å². The number of amides is 2. The maximum absolute atomic E-state index is 12.3. The molecule has 0 bridgehead atoms. The van der Waals surface area contributed by atoms with Crippen molar-refractivity contribution in [2.45, 2.75) is 142 Å². The number of Topliss-reactive ketones (excluding diaryl/α,β-unsaturated/α-hetero) is 1. The number of likely N-dealkylation sites (N-methyl/N-ethyl adjacent to an activating group) is 1. The van der Waals surface area contributed by atoms with Gasteiger partial charge in [0.2, 0.25) is 30.1 Å². The molecule has 76 heavy (non-hydrogen) atoms. The van der Waals surface area contributed by atoms with Crippen LogP contribution in [0.1, 0.15) is 120 Å². The average Bonchev–Trinajstić information content (AvgIpc) is 3.37. The van der Waals surface area contributed by atoms with E-state index in [1.807, 2.05) is 62.3 Å². The number of nitrogens with two attached hydrogens (primary N) is 1. The Morgan fingerprint density at radius 1 is 0.592 bits per heavy atom. The molecule has 0 atom stereocenters. The largest absolute Gasteiger partial charge is 0.444 e. The second kappa shape index (κ2) is 31.8. The van der Waals surface area contributed by atoms with E-state index in [0.29, 0.717) is 117 Å². The van der Waals surface area contributed by atoms with E-state index in [4.69, 9.17) is 20.3 Å². The highest BCUT2D eigenvalue weighted by molar-refractivity contribution is 7.89. The smallest absolute Gasteiger partial charge is 0.410 e. The van der Waals surface area contributed by atoms with Gasteiger partial charge in [-0.05, 0) is 93.5 Å². The summed E-state index contributed by atoms with van der Waals surface area (Å²) in [5.74, 6) is 0.780. The lowest BCUT2D eigenvalue weighted by Crippen LogP contribution is -2.63. The third-order valence-electron chi connectivity index (χ3n) is 14.1. The van der Waals surface area contributed by atoms with E-state index < -0.39 is 41.2 Å². The maximum atomic E-state index is 12.3. The van der Waals surface area contributed by atoms with Crippen LogP contribution in [0.2, 0.25) is 0 Å². The molecule has 0 aliphatic carbocycles. The second-order valence-electron chi connectivity index (χ2n) is 22.2. The fraction of sp³-hybridized carbons (Fsp3) is 0.920. The quantitative estimate of drug-likeness (QED) is 0.253. The van der Waals surface area contributed by atoms with Crippen LogP contribution in [0.3, 0.4) is 0 Å². The molecule has 6 saturated heterocycles. The fourth-order valence-electron chi connectivity index (χ4n) is 9.74. The van der Waals surface area contributed by atoms with Gasteiger partial charge >= 0.3 is 12.2 Å². The van der Waals surface area contributed by atoms with Crippen LogP contribution in [0, 0.1) is 11.3 Å². The van der Waals surface area contributed by atoms with Gasteiger partial charge in [-0.25, -0.2) is 47.8 Å². The minimum atomic E-state index is -3.22. The van der Waals surface area contributed by atoms with Crippen molar-refractivity contribution in [2.75, 3.05) is 156 Å². The number of piperidine rings is 3. The van der Waals surface area contributed by atoms with Gasteiger partial charge in [0, 0.05) is 150 Å². The molecule has 0 spiro atoms. The highest BCUT2D eigenvalue weighted by Crippen LogP contribution is 2.32. The van der Waals surface area contributed by atoms with E-state index in [1.165, 1.54) is 8.61 Å². The van der Waals surface area contributed by atoms with Gasteiger partial charge in [0.05, 0.1) is 23.3 Å². The summed E-state index contributed by atoms with van der Waals surface area (Å²) in [7, 11) is -6.22. The van der Waals surface area contributed by atoms with Gasteiger partial charge in [-0.1, -0.05) is 20.8 Å². The zero-order valence-corrected chi connectivity index (χ0v) is 50.6. The van der Waals surface area contributed by atoms with E-state index >= 15 is 0 Å². The van der Waals surface area contributed by atoms with Crippen LogP contribution in [-0.2, 0) is 44.3 Å². The third-order valence-corrected chi connectivity index (χ3v) is 20.3. The second-order valence-corrected chi connectivity index (χ2v) is 28.5. The summed E-state index contributed by atoms with van der Waals surface area (Å²) in [6.45, 7) is 29.8. The SMILES string of the molecule is CC(C)(C)OC(=O)N1CCNCC1.CCCS(=O)(=O)N1CCC(=O)CC1.CCCS(=O)(=O)N1CCC(C#N)(N2CCN(C(=O)OC(C)(C)C)CC2)CC1.CCCS(=O)(=O)N1CCC(CN)(N2CCN(C)CC2)CC1.CO. The van der Waals surface area contributed by atoms with Crippen LogP contribution in [0.25, 0.3) is 0 Å². The van der Waals surface area contributed by atoms with Crippen molar-refractivity contribution in [3.63, 3.8) is 0 Å². The zero-order chi connectivity index (χ0) is 57.6. The number of hydrogen-bond donors (Lipinski definition) is 3. The van der Waals surface area contributed by atoms with Crippen LogP contribution in [0.4, 0.5) is 9.59 Å². The molecule has 6 aliphatic heterocycles. The topological polar surface area (TPSA) is 280 Å². The van der Waals surface area contributed by atoms with Gasteiger partial charge in [0.25, 0.3) is 0 Å². The molecule has 4 N–H and O–H groups in total. The van der Waals surface area contributed by atoms with Crippen molar-refractivity contribution in [1.82, 2.24) is 42.7 Å². The molecule has 23 nitrogen and oxygen atoms in total. The Hall–Kier alpha value is -2.81. The fourth-order valence-corrected chi connectivity index (χ4v) is 14.3. The summed E-state index contributed by atoms with van der Waals surface area (Å²) >= 11 is 0. The lowest BCUT2D eigenvalue weighted by molar-refractivity contribution is -0.120. The number of sulfonamides is 3. The van der Waals surface area contributed by atoms with Crippen molar-refractivity contribution in [2.24, 2.45) is 5.73 Å². The number of rotatable bonds is 12. The van der Waals surface area contributed by atoms with Crippen molar-refractivity contribution in [3.8, 4) is 6.07 Å². The predicted octanol–water partition coefficient (Wildman–Crippen LogP) is 2.23. The molecule has 0 unspecified atom stereocenters. The first-order valence-corrected chi connectivity index (χ1v) is 32.2. The number of aliphatic hydroxyl groups excluding tert-OH is 1. The molecule has 444 valence electrons. The highest BCUT2D eigenvalue weighted by atomic mass is 32.2. The molecular formula is C50H99N11O12S3. The molecular weight excluding hydrogens is 1040 g/mol. The Labute approximate surface area is 458 Å². The molecule has 2 amide bonds. The number of nitriles is 1. The van der Waals surface area contributed by atoms with E-state index in [-0.39, 0.29) is 46.4 Å². The summed E-state index contributed by atoms with van der Waals surface area (Å²) < 4.78 is 87.2. The first-order chi connectivity index (χ1) is 35.5. The number of ketones is 1. The number of aliphatic hydroxyl groups is 1. The van der Waals surface area contributed by atoms with Crippen LogP contribution >= 0.6 is 0 Å². The first kappa shape index (κ1) is 69.3. The third kappa shape index (κ3) is 22.4. The lowest BCUT2D eigenvalue weighted by atomic mass is 9.86. The first-order valence-electron chi connectivity index (χ1n) is 27.4. The number of nitrogens with one attached hydrogen (secondary N) is 1. The summed E-state index contributed by atoms with van der Waals surface area (Å²) in [5.41, 5.74) is 4.52. The van der Waals surface area contributed by atoms with Crippen LogP contribution in [0.5, 0.6) is 0 Å². The number of carbonyl (C=O) groups is 3. The number of hydrogen-bond acceptors (Lipinski definition) is 18. The Morgan fingerprint density at radius 2 is 0.947 bits per heavy atom. The van der Waals surface area contributed by atoms with Gasteiger partial charge in [0.15, 0.2) is 0 Å². The van der Waals surface area contributed by atoms with Gasteiger partial charge in [0.1, 0.15) is 22.5 Å². The predicted molar refractivity (Wildman–Crippen MR) is 297 cm³/mol. The van der Waals surface area contributed by atoms with Crippen LogP contribution in [0.15, 0.2) is 0 Å². The number of ether oxygens (including phenoxy) is 2. The van der Waals surface area contributed by atoms with Gasteiger partial charge in [-0.2, -0.15) is 5.26 Å². The van der Waals surface area contributed by atoms with Gasteiger partial charge < -0.3 is 40.3 Å². The summed E-state index contributed by atoms with van der Waals surface area (Å²) in [4.78, 5) is 44.9. The maximum Gasteiger partial charge on any atom is 0.410 e. The molecule has 6 rings (SSSR count). The van der Waals surface area contributed by atoms with Crippen LogP contribution < -0.4 is 11.1 Å². The van der Waals surface area contributed by atoms with Crippen molar-refractivity contribution in [3.05, 3.63) is 0 Å². The minimum absolute atomic E-state index is 0.000501. The van der Waals surface area contributed by atoms with E-state index in [0.717, 1.165) is 72.3 Å². The molecule has 0 radical (unpaired) electrons. The normalized spacial score (nSPS) is 21.9. The van der Waals surface area contributed by atoms with Gasteiger partial charge in [-0.15, -0.1) is 0 Å². The average molecular weight is 1140 g/mol. The Balaban J connectivity index is 0.000000359. The van der Waals surface area contributed by atoms with Crippen molar-refractivity contribution < 1.29 is 54.2 Å².